The number of carbonyl (C=O) groups is 1. The first kappa shape index (κ1) is 13.7. The number of anilines is 1. The highest BCUT2D eigenvalue weighted by atomic mass is 16.5. The Morgan fingerprint density at radius 2 is 2.00 bits per heavy atom. The Morgan fingerprint density at radius 3 is 2.65 bits per heavy atom. The van der Waals surface area contributed by atoms with Gasteiger partial charge in [0.15, 0.2) is 5.69 Å². The summed E-state index contributed by atoms with van der Waals surface area (Å²) in [5.41, 5.74) is 6.25. The van der Waals surface area contributed by atoms with Crippen LogP contribution in [-0.4, -0.2) is 32.1 Å². The molecule has 0 radical (unpaired) electrons. The van der Waals surface area contributed by atoms with Crippen LogP contribution in [0.1, 0.15) is 24.3 Å². The van der Waals surface area contributed by atoms with Crippen molar-refractivity contribution in [3.05, 3.63) is 30.2 Å². The van der Waals surface area contributed by atoms with E-state index in [4.69, 9.17) is 15.6 Å². The molecule has 0 bridgehead atoms. The minimum absolute atomic E-state index is 0.0338. The highest BCUT2D eigenvalue weighted by molar-refractivity contribution is 5.91. The van der Waals surface area contributed by atoms with Crippen molar-refractivity contribution in [2.45, 2.75) is 20.0 Å². The fourth-order valence-electron chi connectivity index (χ4n) is 1.55. The van der Waals surface area contributed by atoms with Gasteiger partial charge in [0, 0.05) is 0 Å². The van der Waals surface area contributed by atoms with Crippen LogP contribution in [0.3, 0.4) is 0 Å². The van der Waals surface area contributed by atoms with Crippen molar-refractivity contribution in [3.63, 3.8) is 0 Å². The van der Waals surface area contributed by atoms with Crippen LogP contribution in [0.5, 0.6) is 5.88 Å². The Labute approximate surface area is 115 Å². The van der Waals surface area contributed by atoms with Gasteiger partial charge in [-0.2, -0.15) is 0 Å². The van der Waals surface area contributed by atoms with Crippen LogP contribution in [0.2, 0.25) is 0 Å². The van der Waals surface area contributed by atoms with Gasteiger partial charge in [-0.05, 0) is 26.0 Å². The predicted molar refractivity (Wildman–Crippen MR) is 72.4 cm³/mol. The van der Waals surface area contributed by atoms with Gasteiger partial charge in [0.25, 0.3) is 0 Å². The van der Waals surface area contributed by atoms with E-state index in [1.165, 1.54) is 18.5 Å². The van der Waals surface area contributed by atoms with Gasteiger partial charge in [-0.25, -0.2) is 14.8 Å². The van der Waals surface area contributed by atoms with Gasteiger partial charge in [-0.15, -0.1) is 0 Å². The quantitative estimate of drug-likeness (QED) is 0.870. The summed E-state index contributed by atoms with van der Waals surface area (Å²) in [6.07, 6.45) is 2.93. The van der Waals surface area contributed by atoms with Crippen molar-refractivity contribution in [2.24, 2.45) is 0 Å². The number of nitrogen functional groups attached to an aromatic ring is 1. The standard InChI is InChI=1S/C13H14N4O3/c1-7(2)20-11-6-15-5-10(16-11)9-4-3-8(14)12(17-9)13(18)19/h3-7H,14H2,1-2H3,(H,18,19). The summed E-state index contributed by atoms with van der Waals surface area (Å²) < 4.78 is 5.44. The average molecular weight is 274 g/mol. The first-order valence-corrected chi connectivity index (χ1v) is 5.96. The summed E-state index contributed by atoms with van der Waals surface area (Å²) in [6.45, 7) is 3.75. The van der Waals surface area contributed by atoms with Crippen LogP contribution in [0.25, 0.3) is 11.4 Å². The minimum Gasteiger partial charge on any atom is -0.476 e. The number of rotatable bonds is 4. The van der Waals surface area contributed by atoms with E-state index in [-0.39, 0.29) is 17.5 Å². The third kappa shape index (κ3) is 3.00. The molecule has 2 rings (SSSR count). The number of carboxylic acids is 1. The minimum atomic E-state index is -1.19. The number of hydrogen-bond donors (Lipinski definition) is 2. The summed E-state index contributed by atoms with van der Waals surface area (Å²) in [5.74, 6) is -0.833. The third-order valence-electron chi connectivity index (χ3n) is 2.36. The van der Waals surface area contributed by atoms with E-state index >= 15 is 0 Å². The molecule has 2 aromatic rings. The monoisotopic (exact) mass is 274 g/mol. The number of carboxylic acid groups (broad SMARTS) is 1. The average Bonchev–Trinajstić information content (AvgIpc) is 2.38. The Hall–Kier alpha value is -2.70. The molecule has 0 saturated carbocycles. The van der Waals surface area contributed by atoms with E-state index in [0.29, 0.717) is 17.3 Å². The second kappa shape index (κ2) is 5.52. The summed E-state index contributed by atoms with van der Waals surface area (Å²) in [7, 11) is 0. The van der Waals surface area contributed by atoms with Gasteiger partial charge in [0.2, 0.25) is 5.88 Å². The van der Waals surface area contributed by atoms with Crippen molar-refractivity contribution in [2.75, 3.05) is 5.73 Å². The van der Waals surface area contributed by atoms with Gasteiger partial charge in [-0.1, -0.05) is 0 Å². The molecular weight excluding hydrogens is 260 g/mol. The molecule has 7 heteroatoms. The molecule has 0 unspecified atom stereocenters. The molecule has 0 aliphatic heterocycles. The van der Waals surface area contributed by atoms with Crippen LogP contribution in [0, 0.1) is 0 Å². The molecule has 3 N–H and O–H groups in total. The molecule has 7 nitrogen and oxygen atoms in total. The predicted octanol–water partition coefficient (Wildman–Crippen LogP) is 1.61. The Bertz CT molecular complexity index is 643. The highest BCUT2D eigenvalue weighted by Gasteiger charge is 2.13. The SMILES string of the molecule is CC(C)Oc1cncc(-c2ccc(N)c(C(=O)O)n2)n1. The number of hydrogen-bond acceptors (Lipinski definition) is 6. The fourth-order valence-corrected chi connectivity index (χ4v) is 1.55. The normalized spacial score (nSPS) is 10.6. The number of ether oxygens (including phenoxy) is 1. The molecule has 0 saturated heterocycles. The Kier molecular flexibility index (Phi) is 3.79. The van der Waals surface area contributed by atoms with Crippen molar-refractivity contribution < 1.29 is 14.6 Å². The molecule has 0 spiro atoms. The number of nitrogens with zero attached hydrogens (tertiary/aromatic N) is 3. The maximum atomic E-state index is 11.0. The molecule has 20 heavy (non-hydrogen) atoms. The van der Waals surface area contributed by atoms with Crippen LogP contribution < -0.4 is 10.5 Å². The molecular formula is C13H14N4O3. The van der Waals surface area contributed by atoms with E-state index in [1.807, 2.05) is 13.8 Å². The van der Waals surface area contributed by atoms with Crippen LogP contribution in [0.4, 0.5) is 5.69 Å². The van der Waals surface area contributed by atoms with Crippen molar-refractivity contribution in [3.8, 4) is 17.3 Å². The van der Waals surface area contributed by atoms with E-state index in [9.17, 15) is 4.79 Å². The van der Waals surface area contributed by atoms with Gasteiger partial charge < -0.3 is 15.6 Å². The van der Waals surface area contributed by atoms with E-state index < -0.39 is 5.97 Å². The number of nitrogens with two attached hydrogens (primary N) is 1. The van der Waals surface area contributed by atoms with Gasteiger partial charge in [0.1, 0.15) is 5.69 Å². The molecule has 2 aromatic heterocycles. The lowest BCUT2D eigenvalue weighted by Gasteiger charge is -2.09. The topological polar surface area (TPSA) is 111 Å². The largest absolute Gasteiger partial charge is 0.476 e. The van der Waals surface area contributed by atoms with Gasteiger partial charge in [-0.3, -0.25) is 4.98 Å². The number of pyridine rings is 1. The summed E-state index contributed by atoms with van der Waals surface area (Å²) >= 11 is 0. The van der Waals surface area contributed by atoms with E-state index in [1.54, 1.807) is 6.07 Å². The lowest BCUT2D eigenvalue weighted by molar-refractivity contribution is 0.0692. The molecule has 2 heterocycles. The second-order valence-corrected chi connectivity index (χ2v) is 4.35. The Morgan fingerprint density at radius 1 is 1.25 bits per heavy atom. The summed E-state index contributed by atoms with van der Waals surface area (Å²) in [5, 5.41) is 9.01. The molecule has 0 aliphatic rings. The maximum absolute atomic E-state index is 11.0. The van der Waals surface area contributed by atoms with Crippen LogP contribution >= 0.6 is 0 Å². The highest BCUT2D eigenvalue weighted by Crippen LogP contribution is 2.20. The van der Waals surface area contributed by atoms with Gasteiger partial charge >= 0.3 is 5.97 Å². The van der Waals surface area contributed by atoms with E-state index in [2.05, 4.69) is 15.0 Å². The first-order chi connectivity index (χ1) is 9.47. The smallest absolute Gasteiger partial charge is 0.356 e. The first-order valence-electron chi connectivity index (χ1n) is 5.96. The maximum Gasteiger partial charge on any atom is 0.356 e. The van der Waals surface area contributed by atoms with Crippen LogP contribution in [0.15, 0.2) is 24.5 Å². The fraction of sp³-hybridized carbons (Fsp3) is 0.231. The molecule has 0 amide bonds. The molecule has 104 valence electrons. The lowest BCUT2D eigenvalue weighted by atomic mass is 10.2. The number of aromatic carboxylic acids is 1. The number of aromatic nitrogens is 3. The second-order valence-electron chi connectivity index (χ2n) is 4.35. The van der Waals surface area contributed by atoms with E-state index in [0.717, 1.165) is 0 Å². The third-order valence-corrected chi connectivity index (χ3v) is 2.36. The summed E-state index contributed by atoms with van der Waals surface area (Å²) in [4.78, 5) is 23.2. The zero-order valence-electron chi connectivity index (χ0n) is 11.1. The summed E-state index contributed by atoms with van der Waals surface area (Å²) in [6, 6.07) is 3.06. The van der Waals surface area contributed by atoms with Crippen molar-refractivity contribution in [1.82, 2.24) is 15.0 Å². The molecule has 0 aromatic carbocycles. The van der Waals surface area contributed by atoms with Crippen LogP contribution in [-0.2, 0) is 0 Å². The molecule has 0 atom stereocenters. The Balaban J connectivity index is 2.41. The van der Waals surface area contributed by atoms with Crippen molar-refractivity contribution in [1.29, 1.82) is 0 Å². The zero-order valence-corrected chi connectivity index (χ0v) is 11.1. The lowest BCUT2D eigenvalue weighted by Crippen LogP contribution is -2.08. The molecule has 0 aliphatic carbocycles. The zero-order chi connectivity index (χ0) is 14.7. The van der Waals surface area contributed by atoms with Crippen molar-refractivity contribution >= 4 is 11.7 Å². The van der Waals surface area contributed by atoms with Gasteiger partial charge in [0.05, 0.1) is 29.9 Å². The molecule has 0 fully saturated rings.